The van der Waals surface area contributed by atoms with Gasteiger partial charge in [0.05, 0.1) is 0 Å². The number of rotatable bonds is 7. The largest absolute Gasteiger partial charge is 0.0654 e. The van der Waals surface area contributed by atoms with Gasteiger partial charge in [0.2, 0.25) is 0 Å². The quantitative estimate of drug-likeness (QED) is 0.522. The molecule has 0 aromatic carbocycles. The summed E-state index contributed by atoms with van der Waals surface area (Å²) < 4.78 is 0. The van der Waals surface area contributed by atoms with E-state index in [1.165, 1.54) is 38.5 Å². The lowest BCUT2D eigenvalue weighted by molar-refractivity contribution is 0.328. The first-order valence-corrected chi connectivity index (χ1v) is 5.72. The Hall–Kier alpha value is 0. The Labute approximate surface area is 78.8 Å². The summed E-state index contributed by atoms with van der Waals surface area (Å²) in [5, 5.41) is 0. The predicted molar refractivity (Wildman–Crippen MR) is 57.4 cm³/mol. The van der Waals surface area contributed by atoms with E-state index >= 15 is 0 Å². The van der Waals surface area contributed by atoms with Crippen LogP contribution in [0.4, 0.5) is 0 Å². The van der Waals surface area contributed by atoms with E-state index < -0.39 is 0 Å². The maximum absolute atomic E-state index is 2.41. The molecular formula is C12H26. The Kier molecular flexibility index (Phi) is 7.64. The van der Waals surface area contributed by atoms with Gasteiger partial charge in [0, 0.05) is 0 Å². The summed E-state index contributed by atoms with van der Waals surface area (Å²) >= 11 is 0. The van der Waals surface area contributed by atoms with Crippen molar-refractivity contribution in [3.05, 3.63) is 0 Å². The normalized spacial score (nSPS) is 16.0. The predicted octanol–water partition coefficient (Wildman–Crippen LogP) is 4.64. The zero-order valence-corrected chi connectivity index (χ0v) is 9.40. The SMILES string of the molecule is CCCCC(C)C(C)CCCC. The van der Waals surface area contributed by atoms with Gasteiger partial charge in [-0.25, -0.2) is 0 Å². The third-order valence-electron chi connectivity index (χ3n) is 3.00. The maximum atomic E-state index is 2.41. The van der Waals surface area contributed by atoms with E-state index in [9.17, 15) is 0 Å². The molecule has 0 aliphatic carbocycles. The van der Waals surface area contributed by atoms with Gasteiger partial charge in [0.15, 0.2) is 0 Å². The van der Waals surface area contributed by atoms with Crippen LogP contribution < -0.4 is 0 Å². The molecule has 74 valence electrons. The van der Waals surface area contributed by atoms with Crippen LogP contribution in [0.25, 0.3) is 0 Å². The first kappa shape index (κ1) is 12.0. The van der Waals surface area contributed by atoms with Gasteiger partial charge < -0.3 is 0 Å². The lowest BCUT2D eigenvalue weighted by Crippen LogP contribution is -2.07. The van der Waals surface area contributed by atoms with E-state index in [1.54, 1.807) is 0 Å². The fraction of sp³-hybridized carbons (Fsp3) is 1.00. The van der Waals surface area contributed by atoms with Crippen LogP contribution in [0.15, 0.2) is 0 Å². The van der Waals surface area contributed by atoms with E-state index in [-0.39, 0.29) is 0 Å². The second-order valence-corrected chi connectivity index (χ2v) is 4.24. The van der Waals surface area contributed by atoms with Crippen LogP contribution in [-0.2, 0) is 0 Å². The molecule has 0 bridgehead atoms. The summed E-state index contributed by atoms with van der Waals surface area (Å²) in [5.74, 6) is 1.88. The van der Waals surface area contributed by atoms with E-state index in [2.05, 4.69) is 27.7 Å². The fourth-order valence-electron chi connectivity index (χ4n) is 1.62. The van der Waals surface area contributed by atoms with Gasteiger partial charge in [-0.1, -0.05) is 66.2 Å². The van der Waals surface area contributed by atoms with Crippen molar-refractivity contribution in [1.29, 1.82) is 0 Å². The molecule has 0 aliphatic rings. The van der Waals surface area contributed by atoms with Crippen LogP contribution in [0.5, 0.6) is 0 Å². The van der Waals surface area contributed by atoms with Crippen molar-refractivity contribution in [2.75, 3.05) is 0 Å². The van der Waals surface area contributed by atoms with Gasteiger partial charge in [-0.3, -0.25) is 0 Å². The minimum absolute atomic E-state index is 0.941. The van der Waals surface area contributed by atoms with Crippen LogP contribution >= 0.6 is 0 Å². The smallest absolute Gasteiger partial charge is 0.0417 e. The third-order valence-corrected chi connectivity index (χ3v) is 3.00. The zero-order chi connectivity index (χ0) is 9.40. The van der Waals surface area contributed by atoms with Crippen molar-refractivity contribution >= 4 is 0 Å². The highest BCUT2D eigenvalue weighted by atomic mass is 14.2. The second-order valence-electron chi connectivity index (χ2n) is 4.24. The lowest BCUT2D eigenvalue weighted by atomic mass is 9.87. The van der Waals surface area contributed by atoms with E-state index in [1.807, 2.05) is 0 Å². The molecule has 0 heterocycles. The average molecular weight is 170 g/mol. The molecule has 0 saturated carbocycles. The summed E-state index contributed by atoms with van der Waals surface area (Å²) in [5.41, 5.74) is 0. The van der Waals surface area contributed by atoms with E-state index in [4.69, 9.17) is 0 Å². The zero-order valence-electron chi connectivity index (χ0n) is 9.40. The van der Waals surface area contributed by atoms with Crippen LogP contribution in [0.1, 0.15) is 66.2 Å². The van der Waals surface area contributed by atoms with E-state index in [0.29, 0.717) is 0 Å². The summed E-state index contributed by atoms with van der Waals surface area (Å²) in [6.07, 6.45) is 8.40. The molecule has 0 heteroatoms. The molecule has 0 spiro atoms. The minimum Gasteiger partial charge on any atom is -0.0654 e. The molecular weight excluding hydrogens is 144 g/mol. The molecule has 0 amide bonds. The van der Waals surface area contributed by atoms with Crippen LogP contribution in [0.3, 0.4) is 0 Å². The van der Waals surface area contributed by atoms with Crippen LogP contribution in [0.2, 0.25) is 0 Å². The summed E-state index contributed by atoms with van der Waals surface area (Å²) in [7, 11) is 0. The number of hydrogen-bond acceptors (Lipinski definition) is 0. The van der Waals surface area contributed by atoms with E-state index in [0.717, 1.165) is 11.8 Å². The molecule has 0 aromatic rings. The third kappa shape index (κ3) is 5.62. The van der Waals surface area contributed by atoms with Crippen molar-refractivity contribution in [3.8, 4) is 0 Å². The molecule has 0 fully saturated rings. The molecule has 2 atom stereocenters. The van der Waals surface area contributed by atoms with Crippen molar-refractivity contribution < 1.29 is 0 Å². The minimum atomic E-state index is 0.941. The van der Waals surface area contributed by atoms with Crippen LogP contribution in [0, 0.1) is 11.8 Å². The molecule has 0 aliphatic heterocycles. The number of hydrogen-bond donors (Lipinski definition) is 0. The Morgan fingerprint density at radius 1 is 0.750 bits per heavy atom. The molecule has 0 aromatic heterocycles. The topological polar surface area (TPSA) is 0 Å². The first-order valence-electron chi connectivity index (χ1n) is 5.72. The maximum Gasteiger partial charge on any atom is -0.0417 e. The highest BCUT2D eigenvalue weighted by Crippen LogP contribution is 2.22. The molecule has 0 saturated heterocycles. The summed E-state index contributed by atoms with van der Waals surface area (Å²) in [6.45, 7) is 9.39. The van der Waals surface area contributed by atoms with Gasteiger partial charge in [-0.2, -0.15) is 0 Å². The average Bonchev–Trinajstić information content (AvgIpc) is 2.10. The standard InChI is InChI=1S/C12H26/c1-5-7-9-11(3)12(4)10-8-6-2/h11-12H,5-10H2,1-4H3. The van der Waals surface area contributed by atoms with Crippen molar-refractivity contribution in [2.24, 2.45) is 11.8 Å². The van der Waals surface area contributed by atoms with Crippen molar-refractivity contribution in [1.82, 2.24) is 0 Å². The molecule has 0 N–H and O–H groups in total. The highest BCUT2D eigenvalue weighted by molar-refractivity contribution is 4.61. The van der Waals surface area contributed by atoms with Gasteiger partial charge >= 0.3 is 0 Å². The van der Waals surface area contributed by atoms with Gasteiger partial charge in [-0.15, -0.1) is 0 Å². The Morgan fingerprint density at radius 3 is 1.33 bits per heavy atom. The molecule has 0 radical (unpaired) electrons. The summed E-state index contributed by atoms with van der Waals surface area (Å²) in [6, 6.07) is 0. The van der Waals surface area contributed by atoms with Crippen molar-refractivity contribution in [3.63, 3.8) is 0 Å². The highest BCUT2D eigenvalue weighted by Gasteiger charge is 2.10. The Balaban J connectivity index is 3.39. The number of unbranched alkanes of at least 4 members (excludes halogenated alkanes) is 2. The monoisotopic (exact) mass is 170 g/mol. The first-order chi connectivity index (χ1) is 5.72. The molecule has 2 unspecified atom stereocenters. The fourth-order valence-corrected chi connectivity index (χ4v) is 1.62. The van der Waals surface area contributed by atoms with Crippen molar-refractivity contribution in [2.45, 2.75) is 66.2 Å². The summed E-state index contributed by atoms with van der Waals surface area (Å²) in [4.78, 5) is 0. The van der Waals surface area contributed by atoms with Crippen LogP contribution in [-0.4, -0.2) is 0 Å². The van der Waals surface area contributed by atoms with Gasteiger partial charge in [-0.05, 0) is 11.8 Å². The van der Waals surface area contributed by atoms with Gasteiger partial charge in [0.1, 0.15) is 0 Å². The Morgan fingerprint density at radius 2 is 1.08 bits per heavy atom. The van der Waals surface area contributed by atoms with Gasteiger partial charge in [0.25, 0.3) is 0 Å². The Bertz CT molecular complexity index is 74.0. The second kappa shape index (κ2) is 7.64. The lowest BCUT2D eigenvalue weighted by Gasteiger charge is -2.19. The molecule has 12 heavy (non-hydrogen) atoms. The molecule has 0 nitrogen and oxygen atoms in total. The molecule has 0 rings (SSSR count).